The average Bonchev–Trinajstić information content (AvgIpc) is 2.24. The molecule has 1 heterocycles. The molecule has 0 unspecified atom stereocenters. The molecule has 0 aromatic carbocycles. The zero-order valence-electron chi connectivity index (χ0n) is 13.3. The Morgan fingerprint density at radius 1 is 1.30 bits per heavy atom. The normalized spacial score (nSPS) is 12.8. The van der Waals surface area contributed by atoms with Crippen molar-refractivity contribution >= 4 is 29.9 Å². The van der Waals surface area contributed by atoms with Crippen LogP contribution in [0, 0.1) is 6.92 Å². The zero-order chi connectivity index (χ0) is 14.7. The van der Waals surface area contributed by atoms with Gasteiger partial charge in [0.15, 0.2) is 5.96 Å². The van der Waals surface area contributed by atoms with Gasteiger partial charge in [-0.15, -0.1) is 24.0 Å². The van der Waals surface area contributed by atoms with Crippen LogP contribution in [0.25, 0.3) is 0 Å². The van der Waals surface area contributed by atoms with E-state index in [0.29, 0.717) is 12.5 Å². The fraction of sp³-hybridized carbons (Fsp3) is 0.600. The van der Waals surface area contributed by atoms with Crippen LogP contribution in [0.5, 0.6) is 0 Å². The number of pyridine rings is 1. The van der Waals surface area contributed by atoms with Gasteiger partial charge in [0.1, 0.15) is 0 Å². The second kappa shape index (κ2) is 7.24. The van der Waals surface area contributed by atoms with Crippen molar-refractivity contribution < 1.29 is 0 Å². The molecule has 0 aliphatic rings. The molecule has 0 saturated carbocycles. The van der Waals surface area contributed by atoms with Crippen LogP contribution in [-0.2, 0) is 5.41 Å². The number of hydrogen-bond donors (Lipinski definition) is 2. The Bertz CT molecular complexity index is 461. The first kappa shape index (κ1) is 19.1. The van der Waals surface area contributed by atoms with E-state index in [1.165, 1.54) is 5.56 Å². The van der Waals surface area contributed by atoms with Gasteiger partial charge in [-0.3, -0.25) is 9.98 Å². The Morgan fingerprint density at radius 2 is 1.90 bits per heavy atom. The SMILES string of the molecule is Cc1cccnc1C(C)(C)CN=C(N)NC(C)(C)C.I. The maximum absolute atomic E-state index is 5.90. The van der Waals surface area contributed by atoms with E-state index >= 15 is 0 Å². The van der Waals surface area contributed by atoms with E-state index in [0.717, 1.165) is 5.69 Å². The van der Waals surface area contributed by atoms with E-state index in [2.05, 4.69) is 62.9 Å². The van der Waals surface area contributed by atoms with Crippen LogP contribution in [0.2, 0.25) is 0 Å². The predicted molar refractivity (Wildman–Crippen MR) is 96.8 cm³/mol. The molecule has 0 radical (unpaired) electrons. The molecule has 0 atom stereocenters. The lowest BCUT2D eigenvalue weighted by Gasteiger charge is -2.25. The topological polar surface area (TPSA) is 63.3 Å². The number of nitrogens with two attached hydrogens (primary N) is 1. The summed E-state index contributed by atoms with van der Waals surface area (Å²) in [7, 11) is 0. The van der Waals surface area contributed by atoms with E-state index < -0.39 is 0 Å². The van der Waals surface area contributed by atoms with Gasteiger partial charge in [-0.1, -0.05) is 19.9 Å². The molecule has 0 saturated heterocycles. The van der Waals surface area contributed by atoms with Crippen molar-refractivity contribution in [2.45, 2.75) is 52.5 Å². The van der Waals surface area contributed by atoms with Crippen LogP contribution >= 0.6 is 24.0 Å². The van der Waals surface area contributed by atoms with Crippen LogP contribution in [0.15, 0.2) is 23.3 Å². The second-order valence-corrected chi connectivity index (χ2v) is 6.63. The minimum atomic E-state index is -0.129. The number of hydrogen-bond acceptors (Lipinski definition) is 2. The van der Waals surface area contributed by atoms with Gasteiger partial charge in [0.2, 0.25) is 0 Å². The quantitative estimate of drug-likeness (QED) is 0.474. The van der Waals surface area contributed by atoms with Crippen LogP contribution < -0.4 is 11.1 Å². The van der Waals surface area contributed by atoms with Crippen LogP contribution in [-0.4, -0.2) is 23.0 Å². The highest BCUT2D eigenvalue weighted by Gasteiger charge is 2.24. The first-order chi connectivity index (χ1) is 8.62. The number of aliphatic imine (C=N–C) groups is 1. The van der Waals surface area contributed by atoms with Crippen LogP contribution in [0.3, 0.4) is 0 Å². The predicted octanol–water partition coefficient (Wildman–Crippen LogP) is 2.99. The lowest BCUT2D eigenvalue weighted by Crippen LogP contribution is -2.45. The van der Waals surface area contributed by atoms with Gasteiger partial charge in [0.25, 0.3) is 0 Å². The van der Waals surface area contributed by atoms with Crippen molar-refractivity contribution in [1.29, 1.82) is 0 Å². The summed E-state index contributed by atoms with van der Waals surface area (Å²) in [5, 5.41) is 3.17. The summed E-state index contributed by atoms with van der Waals surface area (Å²) < 4.78 is 0. The number of aryl methyl sites for hydroxylation is 1. The minimum Gasteiger partial charge on any atom is -0.370 e. The molecule has 0 aliphatic carbocycles. The van der Waals surface area contributed by atoms with Crippen LogP contribution in [0.4, 0.5) is 0 Å². The Balaban J connectivity index is 0.00000361. The number of rotatable bonds is 3. The van der Waals surface area contributed by atoms with E-state index in [1.807, 2.05) is 12.3 Å². The molecule has 5 heteroatoms. The van der Waals surface area contributed by atoms with Crippen molar-refractivity contribution in [3.05, 3.63) is 29.6 Å². The van der Waals surface area contributed by atoms with Gasteiger partial charge in [0, 0.05) is 17.2 Å². The van der Waals surface area contributed by atoms with E-state index in [1.54, 1.807) is 0 Å². The summed E-state index contributed by atoms with van der Waals surface area (Å²) in [4.78, 5) is 8.91. The summed E-state index contributed by atoms with van der Waals surface area (Å²) in [6.07, 6.45) is 1.82. The number of aromatic nitrogens is 1. The van der Waals surface area contributed by atoms with Crippen LogP contribution in [0.1, 0.15) is 45.9 Å². The molecule has 20 heavy (non-hydrogen) atoms. The zero-order valence-corrected chi connectivity index (χ0v) is 15.6. The van der Waals surface area contributed by atoms with E-state index in [-0.39, 0.29) is 34.9 Å². The number of halogens is 1. The Hall–Kier alpha value is -0.850. The Morgan fingerprint density at radius 3 is 2.40 bits per heavy atom. The highest BCUT2D eigenvalue weighted by atomic mass is 127. The van der Waals surface area contributed by atoms with Crippen molar-refractivity contribution in [1.82, 2.24) is 10.3 Å². The molecule has 3 N–H and O–H groups in total. The van der Waals surface area contributed by atoms with Gasteiger partial charge in [-0.05, 0) is 39.3 Å². The maximum atomic E-state index is 5.90. The van der Waals surface area contributed by atoms with Gasteiger partial charge >= 0.3 is 0 Å². The molecule has 0 spiro atoms. The van der Waals surface area contributed by atoms with Gasteiger partial charge in [-0.2, -0.15) is 0 Å². The van der Waals surface area contributed by atoms with Gasteiger partial charge < -0.3 is 11.1 Å². The first-order valence-corrected chi connectivity index (χ1v) is 6.62. The molecule has 1 aromatic heterocycles. The molecular weight excluding hydrogens is 363 g/mol. The largest absolute Gasteiger partial charge is 0.370 e. The summed E-state index contributed by atoms with van der Waals surface area (Å²) >= 11 is 0. The van der Waals surface area contributed by atoms with Crippen molar-refractivity contribution in [3.63, 3.8) is 0 Å². The lowest BCUT2D eigenvalue weighted by molar-refractivity contribution is 0.495. The highest BCUT2D eigenvalue weighted by Crippen LogP contribution is 2.24. The fourth-order valence-corrected chi connectivity index (χ4v) is 1.98. The minimum absolute atomic E-state index is 0. The monoisotopic (exact) mass is 390 g/mol. The second-order valence-electron chi connectivity index (χ2n) is 6.63. The summed E-state index contributed by atoms with van der Waals surface area (Å²) in [5.41, 5.74) is 7.96. The number of guanidine groups is 1. The lowest BCUT2D eigenvalue weighted by atomic mass is 9.86. The van der Waals surface area contributed by atoms with Crippen molar-refractivity contribution in [2.75, 3.05) is 6.54 Å². The molecule has 4 nitrogen and oxygen atoms in total. The summed E-state index contributed by atoms with van der Waals surface area (Å²) in [6, 6.07) is 4.03. The Kier molecular flexibility index (Phi) is 6.93. The summed E-state index contributed by atoms with van der Waals surface area (Å²) in [6.45, 7) is 13.1. The summed E-state index contributed by atoms with van der Waals surface area (Å²) in [5.74, 6) is 0.481. The van der Waals surface area contributed by atoms with Gasteiger partial charge in [-0.25, -0.2) is 0 Å². The molecule has 0 fully saturated rings. The van der Waals surface area contributed by atoms with E-state index in [9.17, 15) is 0 Å². The number of nitrogens with zero attached hydrogens (tertiary/aromatic N) is 2. The van der Waals surface area contributed by atoms with Crippen molar-refractivity contribution in [3.8, 4) is 0 Å². The van der Waals surface area contributed by atoms with Crippen molar-refractivity contribution in [2.24, 2.45) is 10.7 Å². The third-order valence-corrected chi connectivity index (χ3v) is 2.80. The molecule has 0 bridgehead atoms. The van der Waals surface area contributed by atoms with Gasteiger partial charge in [0.05, 0.1) is 12.2 Å². The molecular formula is C15H27IN4. The standard InChI is InChI=1S/C15H26N4.HI/c1-11-8-7-9-17-12(11)15(5,6)10-18-13(16)19-14(2,3)4;/h7-9H,10H2,1-6H3,(H3,16,18,19);1H. The maximum Gasteiger partial charge on any atom is 0.189 e. The highest BCUT2D eigenvalue weighted by molar-refractivity contribution is 14.0. The third-order valence-electron chi connectivity index (χ3n) is 2.80. The average molecular weight is 390 g/mol. The number of nitrogens with one attached hydrogen (secondary N) is 1. The molecule has 1 aromatic rings. The fourth-order valence-electron chi connectivity index (χ4n) is 1.98. The smallest absolute Gasteiger partial charge is 0.189 e. The third kappa shape index (κ3) is 6.07. The molecule has 114 valence electrons. The van der Waals surface area contributed by atoms with E-state index in [4.69, 9.17) is 5.73 Å². The Labute approximate surface area is 139 Å². The molecule has 0 aliphatic heterocycles. The first-order valence-electron chi connectivity index (χ1n) is 6.62. The molecule has 1 rings (SSSR count). The molecule has 0 amide bonds.